The summed E-state index contributed by atoms with van der Waals surface area (Å²) < 4.78 is 16.1. The van der Waals surface area contributed by atoms with Crippen LogP contribution in [-0.2, 0) is 4.79 Å². The Labute approximate surface area is 218 Å². The largest absolute Gasteiger partial charge is 0.352 e. The number of carbonyl (C=O) groups is 1. The Kier molecular flexibility index (Phi) is 6.80. The average molecular weight is 521 g/mol. The number of aryl methyl sites for hydroxylation is 1. The van der Waals surface area contributed by atoms with E-state index >= 15 is 0 Å². The minimum absolute atomic E-state index is 0.146. The minimum Gasteiger partial charge on any atom is -0.352 e. The van der Waals surface area contributed by atoms with E-state index in [1.807, 2.05) is 28.5 Å². The van der Waals surface area contributed by atoms with Crippen LogP contribution in [0.2, 0.25) is 0 Å². The van der Waals surface area contributed by atoms with Crippen LogP contribution in [0.1, 0.15) is 41.1 Å². The number of amides is 1. The summed E-state index contributed by atoms with van der Waals surface area (Å²) in [6.07, 6.45) is 3.70. The Morgan fingerprint density at radius 3 is 2.69 bits per heavy atom. The van der Waals surface area contributed by atoms with Crippen molar-refractivity contribution >= 4 is 40.3 Å². The molecule has 1 aliphatic heterocycles. The molecule has 0 unspecified atom stereocenters. The van der Waals surface area contributed by atoms with E-state index in [0.29, 0.717) is 11.7 Å². The number of hydrogen-bond acceptors (Lipinski definition) is 5. The number of anilines is 1. The SMILES string of the molecule is Cc1cc([C@@H]2[C@@H](c3ccccn3)NC(=S)N2CCC(=O)Nc2ccccc2F)c(C)n1-c1nccs1. The molecule has 1 aliphatic rings. The van der Waals surface area contributed by atoms with Crippen LogP contribution in [0.25, 0.3) is 5.13 Å². The Bertz CT molecular complexity index is 1390. The molecule has 10 heteroatoms. The number of thiazole rings is 1. The number of nitrogens with zero attached hydrogens (tertiary/aromatic N) is 4. The third-order valence-electron chi connectivity index (χ3n) is 6.32. The predicted octanol–water partition coefficient (Wildman–Crippen LogP) is 5.09. The summed E-state index contributed by atoms with van der Waals surface area (Å²) in [6.45, 7) is 4.49. The van der Waals surface area contributed by atoms with Gasteiger partial charge >= 0.3 is 0 Å². The lowest BCUT2D eigenvalue weighted by Crippen LogP contribution is -2.33. The zero-order chi connectivity index (χ0) is 25.2. The monoisotopic (exact) mass is 520 g/mol. The first-order valence-electron chi connectivity index (χ1n) is 11.5. The maximum absolute atomic E-state index is 14.0. The van der Waals surface area contributed by atoms with E-state index in [4.69, 9.17) is 12.2 Å². The summed E-state index contributed by atoms with van der Waals surface area (Å²) in [7, 11) is 0. The van der Waals surface area contributed by atoms with Crippen LogP contribution in [0, 0.1) is 19.7 Å². The van der Waals surface area contributed by atoms with Crippen molar-refractivity contribution < 1.29 is 9.18 Å². The Hall–Kier alpha value is -3.63. The Balaban J connectivity index is 1.46. The van der Waals surface area contributed by atoms with Crippen LogP contribution in [0.3, 0.4) is 0 Å². The fraction of sp³-hybridized carbons (Fsp3) is 0.231. The molecule has 4 aromatic rings. The van der Waals surface area contributed by atoms with Gasteiger partial charge in [0.25, 0.3) is 0 Å². The zero-order valence-electron chi connectivity index (χ0n) is 19.8. The van der Waals surface area contributed by atoms with Gasteiger partial charge in [0.15, 0.2) is 10.2 Å². The zero-order valence-corrected chi connectivity index (χ0v) is 21.4. The number of pyridine rings is 1. The fourth-order valence-corrected chi connectivity index (χ4v) is 5.77. The number of thiocarbonyl (C=S) groups is 1. The molecule has 0 bridgehead atoms. The number of benzene rings is 1. The van der Waals surface area contributed by atoms with Crippen molar-refractivity contribution in [3.8, 4) is 5.13 Å². The smallest absolute Gasteiger partial charge is 0.226 e. The first kappa shape index (κ1) is 24.1. The molecule has 1 aromatic carbocycles. The van der Waals surface area contributed by atoms with Crippen LogP contribution < -0.4 is 10.6 Å². The summed E-state index contributed by atoms with van der Waals surface area (Å²) in [5.41, 5.74) is 4.23. The lowest BCUT2D eigenvalue weighted by Gasteiger charge is -2.28. The molecular weight excluding hydrogens is 495 g/mol. The van der Waals surface area contributed by atoms with Gasteiger partial charge in [-0.25, -0.2) is 9.37 Å². The highest BCUT2D eigenvalue weighted by atomic mass is 32.1. The Morgan fingerprint density at radius 1 is 1.17 bits per heavy atom. The third kappa shape index (κ3) is 4.61. The first-order valence-corrected chi connectivity index (χ1v) is 12.8. The molecule has 0 radical (unpaired) electrons. The molecule has 1 saturated heterocycles. The van der Waals surface area contributed by atoms with E-state index in [1.54, 1.807) is 41.9 Å². The average Bonchev–Trinajstić information content (AvgIpc) is 3.58. The normalized spacial score (nSPS) is 17.3. The highest BCUT2D eigenvalue weighted by molar-refractivity contribution is 7.80. The number of rotatable bonds is 7. The van der Waals surface area contributed by atoms with Crippen LogP contribution in [-0.4, -0.2) is 37.0 Å². The summed E-state index contributed by atoms with van der Waals surface area (Å²) in [6, 6.07) is 13.7. The molecule has 184 valence electrons. The van der Waals surface area contributed by atoms with Crippen LogP contribution >= 0.6 is 23.6 Å². The molecule has 5 rings (SSSR count). The topological polar surface area (TPSA) is 75.1 Å². The van der Waals surface area contributed by atoms with Gasteiger partial charge in [-0.15, -0.1) is 11.3 Å². The van der Waals surface area contributed by atoms with Crippen molar-refractivity contribution in [3.63, 3.8) is 0 Å². The molecular formula is C26H25FN6OS2. The molecule has 4 heterocycles. The minimum atomic E-state index is -0.466. The van der Waals surface area contributed by atoms with E-state index in [2.05, 4.69) is 45.1 Å². The van der Waals surface area contributed by atoms with Gasteiger partial charge in [-0.2, -0.15) is 0 Å². The second-order valence-corrected chi connectivity index (χ2v) is 9.83. The van der Waals surface area contributed by atoms with E-state index in [9.17, 15) is 9.18 Å². The lowest BCUT2D eigenvalue weighted by atomic mass is 9.96. The predicted molar refractivity (Wildman–Crippen MR) is 143 cm³/mol. The highest BCUT2D eigenvalue weighted by Crippen LogP contribution is 2.41. The van der Waals surface area contributed by atoms with E-state index in [-0.39, 0.29) is 30.1 Å². The number of carbonyl (C=O) groups excluding carboxylic acids is 1. The van der Waals surface area contributed by atoms with Crippen molar-refractivity contribution in [1.29, 1.82) is 0 Å². The standard InChI is InChI=1S/C26H25FN6OS2/c1-16-15-18(17(2)33(16)26-29-12-14-36-26)24-23(21-9-5-6-11-28-21)31-25(35)32(24)13-10-22(34)30-20-8-4-3-7-19(20)27/h3-9,11-12,14-15,23-24H,10,13H2,1-2H3,(H,30,34)(H,31,35)/t23-,24-/m1/s1. The van der Waals surface area contributed by atoms with Gasteiger partial charge < -0.3 is 15.5 Å². The number of nitrogens with one attached hydrogen (secondary N) is 2. The lowest BCUT2D eigenvalue weighted by molar-refractivity contribution is -0.116. The maximum atomic E-state index is 14.0. The van der Waals surface area contributed by atoms with Gasteiger partial charge in [0.05, 0.1) is 23.5 Å². The van der Waals surface area contributed by atoms with Gasteiger partial charge in [-0.1, -0.05) is 18.2 Å². The van der Waals surface area contributed by atoms with Crippen LogP contribution in [0.15, 0.2) is 66.3 Å². The molecule has 0 aliphatic carbocycles. The van der Waals surface area contributed by atoms with Crippen molar-refractivity contribution in [2.24, 2.45) is 0 Å². The molecule has 2 atom stereocenters. The van der Waals surface area contributed by atoms with Gasteiger partial charge in [0.2, 0.25) is 5.91 Å². The summed E-state index contributed by atoms with van der Waals surface area (Å²) in [4.78, 5) is 23.8. The highest BCUT2D eigenvalue weighted by Gasteiger charge is 2.41. The Morgan fingerprint density at radius 2 is 1.97 bits per heavy atom. The molecule has 1 amide bonds. The van der Waals surface area contributed by atoms with Crippen LogP contribution in [0.4, 0.5) is 10.1 Å². The van der Waals surface area contributed by atoms with Gasteiger partial charge in [0.1, 0.15) is 5.82 Å². The number of aromatic nitrogens is 3. The third-order valence-corrected chi connectivity index (χ3v) is 7.43. The van der Waals surface area contributed by atoms with Gasteiger partial charge in [-0.3, -0.25) is 14.3 Å². The molecule has 3 aromatic heterocycles. The van der Waals surface area contributed by atoms with E-state index in [1.165, 1.54) is 6.07 Å². The second-order valence-electron chi connectivity index (χ2n) is 8.57. The van der Waals surface area contributed by atoms with E-state index in [0.717, 1.165) is 27.8 Å². The molecule has 7 nitrogen and oxygen atoms in total. The maximum Gasteiger partial charge on any atom is 0.226 e. The molecule has 0 saturated carbocycles. The summed E-state index contributed by atoms with van der Waals surface area (Å²) in [5, 5.41) is 9.49. The quantitative estimate of drug-likeness (QED) is 0.331. The summed E-state index contributed by atoms with van der Waals surface area (Å²) in [5.74, 6) is -0.747. The molecule has 1 fully saturated rings. The van der Waals surface area contributed by atoms with Gasteiger partial charge in [0, 0.05) is 42.1 Å². The van der Waals surface area contributed by atoms with Crippen LogP contribution in [0.5, 0.6) is 0 Å². The second kappa shape index (κ2) is 10.2. The van der Waals surface area contributed by atoms with Crippen molar-refractivity contribution in [3.05, 3.63) is 94.8 Å². The van der Waals surface area contributed by atoms with E-state index < -0.39 is 5.82 Å². The molecule has 2 N–H and O–H groups in total. The van der Waals surface area contributed by atoms with Crippen molar-refractivity contribution in [2.45, 2.75) is 32.4 Å². The number of hydrogen-bond donors (Lipinski definition) is 2. The number of para-hydroxylation sites is 1. The summed E-state index contributed by atoms with van der Waals surface area (Å²) >= 11 is 7.31. The first-order chi connectivity index (χ1) is 17.4. The van der Waals surface area contributed by atoms with Crippen molar-refractivity contribution in [1.82, 2.24) is 24.8 Å². The number of halogens is 1. The fourth-order valence-electron chi connectivity index (χ4n) is 4.69. The van der Waals surface area contributed by atoms with Crippen molar-refractivity contribution in [2.75, 3.05) is 11.9 Å². The van der Waals surface area contributed by atoms with Gasteiger partial charge in [-0.05, 0) is 62.0 Å². The molecule has 0 spiro atoms. The molecule has 36 heavy (non-hydrogen) atoms.